The quantitative estimate of drug-likeness (QED) is 0.618. The maximum absolute atomic E-state index is 4.62. The summed E-state index contributed by atoms with van der Waals surface area (Å²) in [6.45, 7) is 6.27. The molecule has 0 radical (unpaired) electrons. The number of thioether (sulfide) groups is 1. The largest absolute Gasteiger partial charge is 0.356 e. The van der Waals surface area contributed by atoms with Crippen LogP contribution in [0.15, 0.2) is 16.6 Å². The van der Waals surface area contributed by atoms with Gasteiger partial charge in [-0.2, -0.15) is 0 Å². The van der Waals surface area contributed by atoms with E-state index in [4.69, 9.17) is 0 Å². The minimum Gasteiger partial charge on any atom is -0.356 e. The zero-order valence-corrected chi connectivity index (χ0v) is 11.4. The molecule has 3 nitrogen and oxygen atoms in total. The Morgan fingerprint density at radius 2 is 2.06 bits per heavy atom. The van der Waals surface area contributed by atoms with Crippen LogP contribution in [0.25, 0.3) is 10.2 Å². The highest BCUT2D eigenvalue weighted by molar-refractivity contribution is 7.98. The second-order valence-corrected chi connectivity index (χ2v) is 5.01. The van der Waals surface area contributed by atoms with E-state index in [2.05, 4.69) is 40.2 Å². The predicted molar refractivity (Wildman–Crippen MR) is 72.8 cm³/mol. The Labute approximate surface area is 104 Å². The van der Waals surface area contributed by atoms with Crippen LogP contribution in [-0.4, -0.2) is 29.3 Å². The molecule has 0 N–H and O–H groups in total. The lowest BCUT2D eigenvalue weighted by Crippen LogP contribution is -2.23. The Bertz CT molecular complexity index is 477. The van der Waals surface area contributed by atoms with Crippen LogP contribution in [0.3, 0.4) is 0 Å². The summed E-state index contributed by atoms with van der Waals surface area (Å²) in [4.78, 5) is 12.5. The minimum atomic E-state index is 0.858. The topological polar surface area (TPSA) is 29.0 Å². The van der Waals surface area contributed by atoms with Crippen LogP contribution < -0.4 is 4.90 Å². The highest BCUT2D eigenvalue weighted by atomic mass is 32.2. The highest BCUT2D eigenvalue weighted by Crippen LogP contribution is 2.29. The van der Waals surface area contributed by atoms with Crippen molar-refractivity contribution in [2.75, 3.05) is 24.2 Å². The van der Waals surface area contributed by atoms with Crippen LogP contribution in [-0.2, 0) is 0 Å². The smallest absolute Gasteiger partial charge is 0.190 e. The third-order valence-electron chi connectivity index (χ3n) is 2.53. The van der Waals surface area contributed by atoms with Gasteiger partial charge in [-0.25, -0.2) is 9.97 Å². The van der Waals surface area contributed by atoms with Gasteiger partial charge in [-0.1, -0.05) is 11.8 Å². The van der Waals surface area contributed by atoms with Gasteiger partial charge < -0.3 is 4.90 Å². The summed E-state index contributed by atoms with van der Waals surface area (Å²) in [6, 6.07) is 2.11. The summed E-state index contributed by atoms with van der Waals surface area (Å²) in [7, 11) is 0. The van der Waals surface area contributed by atoms with Crippen molar-refractivity contribution in [3.05, 3.63) is 11.4 Å². The maximum atomic E-state index is 4.62. The molecule has 0 aliphatic carbocycles. The molecule has 86 valence electrons. The minimum absolute atomic E-state index is 0.858. The number of thiophene rings is 1. The average Bonchev–Trinajstić information content (AvgIpc) is 2.78. The van der Waals surface area contributed by atoms with Crippen LogP contribution in [0.1, 0.15) is 13.8 Å². The van der Waals surface area contributed by atoms with E-state index in [-0.39, 0.29) is 0 Å². The van der Waals surface area contributed by atoms with Crippen molar-refractivity contribution in [3.8, 4) is 0 Å². The third-order valence-corrected chi connectivity index (χ3v) is 3.88. The lowest BCUT2D eigenvalue weighted by atomic mass is 10.3. The second-order valence-electron chi connectivity index (χ2n) is 3.35. The number of hydrogen-bond acceptors (Lipinski definition) is 5. The Hall–Kier alpha value is -0.810. The van der Waals surface area contributed by atoms with Gasteiger partial charge in [0.15, 0.2) is 5.16 Å². The monoisotopic (exact) mass is 253 g/mol. The Balaban J connectivity index is 2.60. The first-order valence-electron chi connectivity index (χ1n) is 5.34. The molecular weight excluding hydrogens is 238 g/mol. The molecule has 2 rings (SSSR count). The summed E-state index contributed by atoms with van der Waals surface area (Å²) >= 11 is 3.28. The van der Waals surface area contributed by atoms with E-state index in [0.29, 0.717) is 0 Å². The lowest BCUT2D eigenvalue weighted by Gasteiger charge is -2.20. The van der Waals surface area contributed by atoms with Gasteiger partial charge >= 0.3 is 0 Å². The summed E-state index contributed by atoms with van der Waals surface area (Å²) in [5, 5.41) is 4.11. The Morgan fingerprint density at radius 1 is 1.31 bits per heavy atom. The molecule has 16 heavy (non-hydrogen) atoms. The lowest BCUT2D eigenvalue weighted by molar-refractivity contribution is 0.832. The third kappa shape index (κ3) is 2.01. The van der Waals surface area contributed by atoms with Gasteiger partial charge in [0.2, 0.25) is 0 Å². The van der Waals surface area contributed by atoms with E-state index in [1.54, 1.807) is 23.1 Å². The molecule has 0 amide bonds. The van der Waals surface area contributed by atoms with E-state index >= 15 is 0 Å². The van der Waals surface area contributed by atoms with Gasteiger partial charge in [-0.15, -0.1) is 11.3 Å². The molecule has 2 aromatic heterocycles. The van der Waals surface area contributed by atoms with Gasteiger partial charge in [0, 0.05) is 13.1 Å². The van der Waals surface area contributed by atoms with Crippen molar-refractivity contribution < 1.29 is 0 Å². The van der Waals surface area contributed by atoms with Crippen molar-refractivity contribution in [1.82, 2.24) is 9.97 Å². The van der Waals surface area contributed by atoms with Gasteiger partial charge in [0.1, 0.15) is 10.6 Å². The van der Waals surface area contributed by atoms with Crippen LogP contribution in [0.2, 0.25) is 0 Å². The van der Waals surface area contributed by atoms with Crippen LogP contribution in [0, 0.1) is 0 Å². The predicted octanol–water partition coefficient (Wildman–Crippen LogP) is 3.26. The molecule has 0 bridgehead atoms. The Morgan fingerprint density at radius 3 is 2.69 bits per heavy atom. The molecule has 0 atom stereocenters. The van der Waals surface area contributed by atoms with E-state index < -0.39 is 0 Å². The average molecular weight is 253 g/mol. The zero-order valence-electron chi connectivity index (χ0n) is 9.73. The van der Waals surface area contributed by atoms with Crippen molar-refractivity contribution in [3.63, 3.8) is 0 Å². The normalized spacial score (nSPS) is 10.9. The fraction of sp³-hybridized carbons (Fsp3) is 0.455. The molecule has 0 spiro atoms. The van der Waals surface area contributed by atoms with E-state index in [1.807, 2.05) is 6.26 Å². The number of hydrogen-bond donors (Lipinski definition) is 0. The number of anilines is 1. The number of fused-ring (bicyclic) bond motifs is 1. The van der Waals surface area contributed by atoms with Crippen LogP contribution in [0.4, 0.5) is 5.82 Å². The van der Waals surface area contributed by atoms with Crippen molar-refractivity contribution >= 4 is 39.1 Å². The number of rotatable bonds is 4. The molecule has 0 unspecified atom stereocenters. The Kier molecular flexibility index (Phi) is 3.66. The second kappa shape index (κ2) is 5.01. The molecule has 0 saturated carbocycles. The first kappa shape index (κ1) is 11.7. The van der Waals surface area contributed by atoms with Crippen molar-refractivity contribution in [1.29, 1.82) is 0 Å². The van der Waals surface area contributed by atoms with Gasteiger partial charge in [-0.3, -0.25) is 0 Å². The van der Waals surface area contributed by atoms with Crippen molar-refractivity contribution in [2.24, 2.45) is 0 Å². The first-order valence-corrected chi connectivity index (χ1v) is 7.44. The molecule has 5 heteroatoms. The molecule has 0 aromatic carbocycles. The molecule has 2 aromatic rings. The van der Waals surface area contributed by atoms with E-state index in [9.17, 15) is 0 Å². The standard InChI is InChI=1S/C11H15N3S2/c1-4-14(5-2)9-8-6-7-16-10(8)13-11(12-9)15-3/h6-7H,4-5H2,1-3H3. The molecule has 0 saturated heterocycles. The molecule has 0 aliphatic heterocycles. The molecule has 0 aliphatic rings. The van der Waals surface area contributed by atoms with Crippen LogP contribution in [0.5, 0.6) is 0 Å². The molecule has 0 fully saturated rings. The van der Waals surface area contributed by atoms with Gasteiger partial charge in [0.05, 0.1) is 5.39 Å². The summed E-state index contributed by atoms with van der Waals surface area (Å²) < 4.78 is 0. The van der Waals surface area contributed by atoms with Crippen LogP contribution >= 0.6 is 23.1 Å². The zero-order chi connectivity index (χ0) is 11.5. The maximum Gasteiger partial charge on any atom is 0.190 e. The number of aromatic nitrogens is 2. The van der Waals surface area contributed by atoms with Gasteiger partial charge in [0.25, 0.3) is 0 Å². The first-order chi connectivity index (χ1) is 7.80. The molecule has 2 heterocycles. The highest BCUT2D eigenvalue weighted by Gasteiger charge is 2.12. The van der Waals surface area contributed by atoms with E-state index in [1.165, 1.54) is 5.39 Å². The van der Waals surface area contributed by atoms with Gasteiger partial charge in [-0.05, 0) is 31.5 Å². The molecular formula is C11H15N3S2. The fourth-order valence-corrected chi connectivity index (χ4v) is 2.85. The number of nitrogens with zero attached hydrogens (tertiary/aromatic N) is 3. The summed E-state index contributed by atoms with van der Waals surface area (Å²) in [5.41, 5.74) is 0. The van der Waals surface area contributed by atoms with Crippen molar-refractivity contribution in [2.45, 2.75) is 19.0 Å². The van der Waals surface area contributed by atoms with E-state index in [0.717, 1.165) is 28.9 Å². The fourth-order valence-electron chi connectivity index (χ4n) is 1.68. The SMILES string of the molecule is CCN(CC)c1nc(SC)nc2sccc12. The summed E-state index contributed by atoms with van der Waals surface area (Å²) in [5.74, 6) is 1.07. The summed E-state index contributed by atoms with van der Waals surface area (Å²) in [6.07, 6.45) is 2.01.